The number of aryl methyl sites for hydroxylation is 2. The molecular weight excluding hydrogens is 254 g/mol. The highest BCUT2D eigenvalue weighted by Crippen LogP contribution is 2.26. The third-order valence-corrected chi connectivity index (χ3v) is 2.99. The number of hydrogen-bond donors (Lipinski definition) is 1. The number of amides is 1. The molecule has 1 unspecified atom stereocenters. The first kappa shape index (κ1) is 12.9. The summed E-state index contributed by atoms with van der Waals surface area (Å²) in [5.41, 5.74) is 7.69. The summed E-state index contributed by atoms with van der Waals surface area (Å²) in [4.78, 5) is 15.7. The fraction of sp³-hybridized carbons (Fsp3) is 0.545. The number of rotatable bonds is 4. The average Bonchev–Trinajstić information content (AvgIpc) is 2.78. The van der Waals surface area contributed by atoms with Crippen molar-refractivity contribution in [3.8, 4) is 0 Å². The molecule has 2 aromatic heterocycles. The average molecular weight is 270 g/mol. The van der Waals surface area contributed by atoms with Crippen LogP contribution in [0.15, 0.2) is 0 Å². The summed E-state index contributed by atoms with van der Waals surface area (Å²) in [7, 11) is 0. The first-order valence-corrected chi connectivity index (χ1v) is 6.25. The highest BCUT2D eigenvalue weighted by Gasteiger charge is 2.21. The quantitative estimate of drug-likeness (QED) is 0.851. The van der Waals surface area contributed by atoms with Gasteiger partial charge in [0, 0.05) is 6.54 Å². The lowest BCUT2D eigenvalue weighted by Gasteiger charge is -2.09. The van der Waals surface area contributed by atoms with E-state index in [1.165, 1.54) is 0 Å². The van der Waals surface area contributed by atoms with Crippen molar-refractivity contribution in [3.63, 3.8) is 0 Å². The van der Waals surface area contributed by atoms with Crippen LogP contribution >= 0.6 is 11.6 Å². The van der Waals surface area contributed by atoms with E-state index in [1.54, 1.807) is 4.57 Å². The van der Waals surface area contributed by atoms with Gasteiger partial charge < -0.3 is 10.3 Å². The summed E-state index contributed by atoms with van der Waals surface area (Å²) in [5, 5.41) is 4.08. The van der Waals surface area contributed by atoms with Gasteiger partial charge in [-0.15, -0.1) is 11.6 Å². The Labute approximate surface area is 110 Å². The summed E-state index contributed by atoms with van der Waals surface area (Å²) < 4.78 is 3.56. The molecule has 1 amide bonds. The van der Waals surface area contributed by atoms with Crippen LogP contribution < -0.4 is 5.73 Å². The van der Waals surface area contributed by atoms with Crippen LogP contribution in [0.2, 0.25) is 0 Å². The molecule has 0 aromatic carbocycles. The largest absolute Gasteiger partial charge is 0.368 e. The predicted molar refractivity (Wildman–Crippen MR) is 69.4 cm³/mol. The van der Waals surface area contributed by atoms with E-state index in [9.17, 15) is 4.79 Å². The van der Waals surface area contributed by atoms with E-state index in [1.807, 2.05) is 25.5 Å². The summed E-state index contributed by atoms with van der Waals surface area (Å²) >= 11 is 6.10. The molecule has 2 heterocycles. The molecule has 18 heavy (non-hydrogen) atoms. The molecule has 2 aromatic rings. The van der Waals surface area contributed by atoms with Crippen LogP contribution in [0.5, 0.6) is 0 Å². The van der Waals surface area contributed by atoms with Crippen LogP contribution in [0.1, 0.15) is 30.7 Å². The van der Waals surface area contributed by atoms with Crippen molar-refractivity contribution in [3.05, 3.63) is 11.5 Å². The van der Waals surface area contributed by atoms with Gasteiger partial charge in [0.2, 0.25) is 5.91 Å². The van der Waals surface area contributed by atoms with E-state index in [2.05, 4.69) is 10.1 Å². The highest BCUT2D eigenvalue weighted by molar-refractivity contribution is 6.20. The van der Waals surface area contributed by atoms with Crippen LogP contribution in [0.4, 0.5) is 0 Å². The smallest absolute Gasteiger partial charge is 0.237 e. The Balaban J connectivity index is 2.74. The molecule has 0 aliphatic carbocycles. The maximum absolute atomic E-state index is 11.2. The lowest BCUT2D eigenvalue weighted by Crippen LogP contribution is -2.21. The number of nitrogens with zero attached hydrogens (tertiary/aromatic N) is 4. The van der Waals surface area contributed by atoms with E-state index in [0.29, 0.717) is 12.4 Å². The topological polar surface area (TPSA) is 78.7 Å². The van der Waals surface area contributed by atoms with Crippen molar-refractivity contribution < 1.29 is 4.79 Å². The molecule has 0 bridgehead atoms. The van der Waals surface area contributed by atoms with Crippen molar-refractivity contribution in [1.82, 2.24) is 19.3 Å². The van der Waals surface area contributed by atoms with Crippen LogP contribution in [0, 0.1) is 6.92 Å². The fourth-order valence-corrected chi connectivity index (χ4v) is 2.24. The van der Waals surface area contributed by atoms with Crippen molar-refractivity contribution in [1.29, 1.82) is 0 Å². The summed E-state index contributed by atoms with van der Waals surface area (Å²) in [6.07, 6.45) is 0. The zero-order valence-electron chi connectivity index (χ0n) is 10.6. The van der Waals surface area contributed by atoms with Crippen molar-refractivity contribution >= 4 is 28.7 Å². The zero-order valence-corrected chi connectivity index (χ0v) is 11.4. The predicted octanol–water partition coefficient (Wildman–Crippen LogP) is 1.35. The fourth-order valence-electron chi connectivity index (χ4n) is 2.08. The van der Waals surface area contributed by atoms with Crippen LogP contribution in [0.3, 0.4) is 0 Å². The minimum Gasteiger partial charge on any atom is -0.368 e. The molecule has 6 nitrogen and oxygen atoms in total. The Morgan fingerprint density at radius 1 is 1.56 bits per heavy atom. The molecule has 1 atom stereocenters. The molecular formula is C11H16ClN5O. The minimum atomic E-state index is -0.422. The van der Waals surface area contributed by atoms with Gasteiger partial charge in [-0.25, -0.2) is 9.67 Å². The number of carbonyl (C=O) groups is 1. The molecule has 0 fully saturated rings. The molecule has 2 rings (SSSR count). The second-order valence-electron chi connectivity index (χ2n) is 4.21. The second kappa shape index (κ2) is 4.61. The standard InChI is InChI=1S/C11H16ClN5O/c1-4-17-11-9(7(3)15-17)14-10(6(2)12)16(11)5-8(13)18/h6H,4-5H2,1-3H3,(H2,13,18). The molecule has 0 aliphatic rings. The van der Waals surface area contributed by atoms with Gasteiger partial charge in [0.05, 0.1) is 11.1 Å². The summed E-state index contributed by atoms with van der Waals surface area (Å²) in [6.45, 7) is 6.45. The van der Waals surface area contributed by atoms with Gasteiger partial charge in [0.15, 0.2) is 5.65 Å². The van der Waals surface area contributed by atoms with Gasteiger partial charge in [-0.2, -0.15) is 5.10 Å². The van der Waals surface area contributed by atoms with Crippen LogP contribution in [0.25, 0.3) is 11.2 Å². The molecule has 0 radical (unpaired) electrons. The van der Waals surface area contributed by atoms with Gasteiger partial charge in [0.25, 0.3) is 0 Å². The van der Waals surface area contributed by atoms with Gasteiger partial charge in [0.1, 0.15) is 17.9 Å². The molecule has 0 saturated heterocycles. The number of nitrogens with two attached hydrogens (primary N) is 1. The number of hydrogen-bond acceptors (Lipinski definition) is 3. The highest BCUT2D eigenvalue weighted by atomic mass is 35.5. The number of imidazole rings is 1. The van der Waals surface area contributed by atoms with E-state index in [-0.39, 0.29) is 11.9 Å². The van der Waals surface area contributed by atoms with Gasteiger partial charge in [-0.3, -0.25) is 4.79 Å². The molecule has 0 aliphatic heterocycles. The Hall–Kier alpha value is -1.56. The normalized spacial score (nSPS) is 13.1. The van der Waals surface area contributed by atoms with Gasteiger partial charge >= 0.3 is 0 Å². The molecule has 7 heteroatoms. The molecule has 98 valence electrons. The second-order valence-corrected chi connectivity index (χ2v) is 4.87. The van der Waals surface area contributed by atoms with Crippen LogP contribution in [-0.4, -0.2) is 25.2 Å². The van der Waals surface area contributed by atoms with Gasteiger partial charge in [-0.1, -0.05) is 0 Å². The molecule has 0 saturated carbocycles. The summed E-state index contributed by atoms with van der Waals surface area (Å²) in [6, 6.07) is 0. The van der Waals surface area contributed by atoms with Crippen molar-refractivity contribution in [2.24, 2.45) is 5.73 Å². The van der Waals surface area contributed by atoms with Crippen LogP contribution in [-0.2, 0) is 17.9 Å². The summed E-state index contributed by atoms with van der Waals surface area (Å²) in [5.74, 6) is 0.225. The number of halogens is 1. The number of primary amides is 1. The van der Waals surface area contributed by atoms with Crippen molar-refractivity contribution in [2.75, 3.05) is 0 Å². The Bertz CT molecular complexity index is 598. The van der Waals surface area contributed by atoms with E-state index in [0.717, 1.165) is 16.9 Å². The van der Waals surface area contributed by atoms with E-state index in [4.69, 9.17) is 17.3 Å². The lowest BCUT2D eigenvalue weighted by atomic mass is 10.4. The number of alkyl halides is 1. The monoisotopic (exact) mass is 269 g/mol. The molecule has 2 N–H and O–H groups in total. The zero-order chi connectivity index (χ0) is 13.4. The number of fused-ring (bicyclic) bond motifs is 1. The third kappa shape index (κ3) is 1.96. The van der Waals surface area contributed by atoms with Gasteiger partial charge in [-0.05, 0) is 20.8 Å². The van der Waals surface area contributed by atoms with Crippen molar-refractivity contribution in [2.45, 2.75) is 39.2 Å². The number of carbonyl (C=O) groups excluding carboxylic acids is 1. The molecule has 0 spiro atoms. The van der Waals surface area contributed by atoms with E-state index >= 15 is 0 Å². The first-order valence-electron chi connectivity index (χ1n) is 5.81. The Morgan fingerprint density at radius 2 is 2.22 bits per heavy atom. The maximum atomic E-state index is 11.2. The minimum absolute atomic E-state index is 0.0635. The maximum Gasteiger partial charge on any atom is 0.237 e. The third-order valence-electron chi connectivity index (χ3n) is 2.80. The first-order chi connectivity index (χ1) is 8.45. The SMILES string of the molecule is CCn1nc(C)c2nc(C(C)Cl)n(CC(N)=O)c21. The Kier molecular flexibility index (Phi) is 3.30. The lowest BCUT2D eigenvalue weighted by molar-refractivity contribution is -0.118. The van der Waals surface area contributed by atoms with E-state index < -0.39 is 5.91 Å². The Morgan fingerprint density at radius 3 is 2.72 bits per heavy atom. The number of aromatic nitrogens is 4.